The molecule has 134 valence electrons. The molecule has 0 aliphatic carbocycles. The van der Waals surface area contributed by atoms with E-state index in [4.69, 9.17) is 0 Å². The Labute approximate surface area is 153 Å². The topological polar surface area (TPSA) is 49.8 Å². The summed E-state index contributed by atoms with van der Waals surface area (Å²) in [5.41, 5.74) is 2.88. The molecular formula is C21H23FN4. The standard InChI is InChI=1S/C21H23FN4/c1-3-15(2)24-21-25-19(17-7-5-4-6-8-17)13-20(26-21)23-14-16-9-11-18(22)12-10-16/h4-13,15H,3,14H2,1-2H3,(H2,23,24,25,26)/t15-/m0/s1. The summed E-state index contributed by atoms with van der Waals surface area (Å²) in [5.74, 6) is 1.10. The van der Waals surface area contributed by atoms with Crippen molar-refractivity contribution in [3.05, 3.63) is 72.0 Å². The van der Waals surface area contributed by atoms with Gasteiger partial charge in [0, 0.05) is 24.2 Å². The molecule has 0 saturated heterocycles. The minimum absolute atomic E-state index is 0.234. The third kappa shape index (κ3) is 4.79. The molecule has 26 heavy (non-hydrogen) atoms. The van der Waals surface area contributed by atoms with Crippen molar-refractivity contribution in [3.8, 4) is 11.3 Å². The summed E-state index contributed by atoms with van der Waals surface area (Å²) in [6, 6.07) is 18.7. The number of hydrogen-bond acceptors (Lipinski definition) is 4. The first-order valence-electron chi connectivity index (χ1n) is 8.83. The van der Waals surface area contributed by atoms with Gasteiger partial charge >= 0.3 is 0 Å². The number of rotatable bonds is 7. The van der Waals surface area contributed by atoms with E-state index in [2.05, 4.69) is 34.4 Å². The van der Waals surface area contributed by atoms with Gasteiger partial charge < -0.3 is 10.6 Å². The van der Waals surface area contributed by atoms with E-state index in [-0.39, 0.29) is 11.9 Å². The molecule has 4 nitrogen and oxygen atoms in total. The van der Waals surface area contributed by atoms with Gasteiger partial charge in [-0.2, -0.15) is 4.98 Å². The molecule has 0 unspecified atom stereocenters. The normalized spacial score (nSPS) is 11.8. The van der Waals surface area contributed by atoms with E-state index in [1.54, 1.807) is 12.1 Å². The molecule has 0 aliphatic heterocycles. The molecule has 2 aromatic carbocycles. The molecule has 1 heterocycles. The fourth-order valence-electron chi connectivity index (χ4n) is 2.48. The highest BCUT2D eigenvalue weighted by Gasteiger charge is 2.09. The first-order chi connectivity index (χ1) is 12.6. The van der Waals surface area contributed by atoms with Crippen LogP contribution in [0, 0.1) is 5.82 Å². The van der Waals surface area contributed by atoms with Gasteiger partial charge in [-0.15, -0.1) is 0 Å². The Balaban J connectivity index is 1.85. The molecule has 0 spiro atoms. The monoisotopic (exact) mass is 350 g/mol. The highest BCUT2D eigenvalue weighted by atomic mass is 19.1. The van der Waals surface area contributed by atoms with Crippen LogP contribution in [0.15, 0.2) is 60.7 Å². The molecule has 0 aliphatic rings. The number of benzene rings is 2. The smallest absolute Gasteiger partial charge is 0.225 e. The average molecular weight is 350 g/mol. The van der Waals surface area contributed by atoms with Crippen molar-refractivity contribution in [1.29, 1.82) is 0 Å². The zero-order valence-corrected chi connectivity index (χ0v) is 15.0. The SMILES string of the molecule is CC[C@H](C)Nc1nc(NCc2ccc(F)cc2)cc(-c2ccccc2)n1. The van der Waals surface area contributed by atoms with Crippen molar-refractivity contribution in [1.82, 2.24) is 9.97 Å². The molecule has 1 atom stereocenters. The van der Waals surface area contributed by atoms with E-state index in [1.807, 2.05) is 36.4 Å². The van der Waals surface area contributed by atoms with Gasteiger partial charge in [0.25, 0.3) is 0 Å². The van der Waals surface area contributed by atoms with Crippen LogP contribution in [-0.2, 0) is 6.54 Å². The molecule has 0 radical (unpaired) electrons. The third-order valence-electron chi connectivity index (χ3n) is 4.17. The minimum Gasteiger partial charge on any atom is -0.366 e. The number of anilines is 2. The molecule has 0 amide bonds. The quantitative estimate of drug-likeness (QED) is 0.622. The van der Waals surface area contributed by atoms with E-state index < -0.39 is 0 Å². The third-order valence-corrected chi connectivity index (χ3v) is 4.17. The summed E-state index contributed by atoms with van der Waals surface area (Å²) in [6.45, 7) is 4.78. The lowest BCUT2D eigenvalue weighted by molar-refractivity contribution is 0.627. The maximum atomic E-state index is 13.0. The summed E-state index contributed by atoms with van der Waals surface area (Å²) >= 11 is 0. The van der Waals surface area contributed by atoms with Gasteiger partial charge in [-0.25, -0.2) is 9.37 Å². The largest absolute Gasteiger partial charge is 0.366 e. The van der Waals surface area contributed by atoms with Crippen LogP contribution in [0.3, 0.4) is 0 Å². The summed E-state index contributed by atoms with van der Waals surface area (Å²) in [6.07, 6.45) is 0.983. The molecule has 1 aromatic heterocycles. The number of hydrogen-bond donors (Lipinski definition) is 2. The van der Waals surface area contributed by atoms with Crippen LogP contribution in [0.25, 0.3) is 11.3 Å². The van der Waals surface area contributed by atoms with Crippen LogP contribution in [0.2, 0.25) is 0 Å². The zero-order chi connectivity index (χ0) is 18.4. The maximum absolute atomic E-state index is 13.0. The van der Waals surface area contributed by atoms with Crippen LogP contribution >= 0.6 is 0 Å². The van der Waals surface area contributed by atoms with Crippen LogP contribution in [0.5, 0.6) is 0 Å². The molecule has 0 bridgehead atoms. The Kier molecular flexibility index (Phi) is 5.79. The zero-order valence-electron chi connectivity index (χ0n) is 15.0. The summed E-state index contributed by atoms with van der Waals surface area (Å²) in [4.78, 5) is 9.22. The van der Waals surface area contributed by atoms with Gasteiger partial charge in [-0.05, 0) is 31.0 Å². The second kappa shape index (κ2) is 8.43. The lowest BCUT2D eigenvalue weighted by Crippen LogP contribution is -2.16. The summed E-state index contributed by atoms with van der Waals surface area (Å²) in [7, 11) is 0. The first-order valence-corrected chi connectivity index (χ1v) is 8.83. The highest BCUT2D eigenvalue weighted by Crippen LogP contribution is 2.22. The number of nitrogens with zero attached hydrogens (tertiary/aromatic N) is 2. The van der Waals surface area contributed by atoms with Crippen LogP contribution < -0.4 is 10.6 Å². The summed E-state index contributed by atoms with van der Waals surface area (Å²) in [5, 5.41) is 6.64. The molecule has 3 rings (SSSR count). The predicted molar refractivity (Wildman–Crippen MR) is 105 cm³/mol. The van der Waals surface area contributed by atoms with Crippen LogP contribution in [-0.4, -0.2) is 16.0 Å². The van der Waals surface area contributed by atoms with Crippen LogP contribution in [0.4, 0.5) is 16.2 Å². The van der Waals surface area contributed by atoms with Gasteiger partial charge in [-0.3, -0.25) is 0 Å². The number of halogens is 1. The van der Waals surface area contributed by atoms with Gasteiger partial charge in [0.05, 0.1) is 5.69 Å². The van der Waals surface area contributed by atoms with E-state index >= 15 is 0 Å². The fourth-order valence-corrected chi connectivity index (χ4v) is 2.48. The lowest BCUT2D eigenvalue weighted by atomic mass is 10.1. The second-order valence-corrected chi connectivity index (χ2v) is 6.26. The van der Waals surface area contributed by atoms with Gasteiger partial charge in [0.15, 0.2) is 0 Å². The van der Waals surface area contributed by atoms with Crippen molar-refractivity contribution < 1.29 is 4.39 Å². The van der Waals surface area contributed by atoms with E-state index in [0.717, 1.165) is 29.1 Å². The predicted octanol–water partition coefficient (Wildman–Crippen LogP) is 5.11. The van der Waals surface area contributed by atoms with Gasteiger partial charge in [0.2, 0.25) is 5.95 Å². The van der Waals surface area contributed by atoms with Gasteiger partial charge in [0.1, 0.15) is 11.6 Å². The minimum atomic E-state index is -0.234. The molecule has 5 heteroatoms. The molecule has 3 aromatic rings. The van der Waals surface area contributed by atoms with Gasteiger partial charge in [-0.1, -0.05) is 49.4 Å². The summed E-state index contributed by atoms with van der Waals surface area (Å²) < 4.78 is 13.0. The van der Waals surface area contributed by atoms with E-state index in [9.17, 15) is 4.39 Å². The van der Waals surface area contributed by atoms with E-state index in [1.165, 1.54) is 12.1 Å². The van der Waals surface area contributed by atoms with Crippen LogP contribution in [0.1, 0.15) is 25.8 Å². The maximum Gasteiger partial charge on any atom is 0.225 e. The lowest BCUT2D eigenvalue weighted by Gasteiger charge is -2.14. The van der Waals surface area contributed by atoms with E-state index in [0.29, 0.717) is 12.5 Å². The Bertz CT molecular complexity index is 834. The number of aromatic nitrogens is 2. The molecular weight excluding hydrogens is 327 g/mol. The Morgan fingerprint density at radius 2 is 1.73 bits per heavy atom. The molecule has 0 saturated carbocycles. The Morgan fingerprint density at radius 3 is 2.42 bits per heavy atom. The van der Waals surface area contributed by atoms with Crippen molar-refractivity contribution in [2.75, 3.05) is 10.6 Å². The average Bonchev–Trinajstić information content (AvgIpc) is 2.68. The van der Waals surface area contributed by atoms with Crippen molar-refractivity contribution >= 4 is 11.8 Å². The Hall–Kier alpha value is -2.95. The van der Waals surface area contributed by atoms with Crippen molar-refractivity contribution in [2.24, 2.45) is 0 Å². The highest BCUT2D eigenvalue weighted by molar-refractivity contribution is 5.64. The molecule has 2 N–H and O–H groups in total. The number of nitrogens with one attached hydrogen (secondary N) is 2. The van der Waals surface area contributed by atoms with Crippen molar-refractivity contribution in [2.45, 2.75) is 32.9 Å². The van der Waals surface area contributed by atoms with Crippen molar-refractivity contribution in [3.63, 3.8) is 0 Å². The Morgan fingerprint density at radius 1 is 1.00 bits per heavy atom. The fraction of sp³-hybridized carbons (Fsp3) is 0.238. The second-order valence-electron chi connectivity index (χ2n) is 6.26. The first kappa shape index (κ1) is 17.9. The molecule has 0 fully saturated rings.